The summed E-state index contributed by atoms with van der Waals surface area (Å²) < 4.78 is 0. The highest BCUT2D eigenvalue weighted by Gasteiger charge is 2.31. The van der Waals surface area contributed by atoms with Crippen LogP contribution in [0.25, 0.3) is 0 Å². The molecule has 0 bridgehead atoms. The molecule has 0 aromatic rings. The van der Waals surface area contributed by atoms with Crippen LogP contribution in [0, 0.1) is 0 Å². The van der Waals surface area contributed by atoms with Crippen molar-refractivity contribution in [2.45, 2.75) is 107 Å². The van der Waals surface area contributed by atoms with Crippen molar-refractivity contribution in [1.82, 2.24) is 14.7 Å². The molecule has 4 rings (SSSR count). The lowest BCUT2D eigenvalue weighted by Gasteiger charge is -2.37. The number of hydrogen-bond donors (Lipinski definition) is 2. The van der Waals surface area contributed by atoms with Gasteiger partial charge in [-0.3, -0.25) is 4.90 Å². The maximum Gasteiger partial charge on any atom is 0.0555 e. The van der Waals surface area contributed by atoms with Gasteiger partial charge < -0.3 is 14.9 Å². The summed E-state index contributed by atoms with van der Waals surface area (Å²) in [4.78, 5) is 8.33. The Morgan fingerprint density at radius 3 is 1.82 bits per heavy atom. The maximum absolute atomic E-state index is 10.1. The summed E-state index contributed by atoms with van der Waals surface area (Å²) in [5.74, 6) is 0. The number of hydrogen-bond acceptors (Lipinski definition) is 5. The van der Waals surface area contributed by atoms with Crippen molar-refractivity contribution >= 4 is 12.6 Å². The van der Waals surface area contributed by atoms with E-state index in [1.54, 1.807) is 0 Å². The summed E-state index contributed by atoms with van der Waals surface area (Å²) in [6.07, 6.45) is 15.3. The van der Waals surface area contributed by atoms with Crippen molar-refractivity contribution in [3.05, 3.63) is 0 Å². The first-order valence-electron chi connectivity index (χ1n) is 12.3. The van der Waals surface area contributed by atoms with Crippen molar-refractivity contribution in [1.29, 1.82) is 0 Å². The number of likely N-dealkylation sites (tertiary alicyclic amines) is 3. The van der Waals surface area contributed by atoms with Crippen LogP contribution in [0.15, 0.2) is 0 Å². The first-order chi connectivity index (χ1) is 13.7. The third-order valence-corrected chi connectivity index (χ3v) is 8.48. The van der Waals surface area contributed by atoms with E-state index < -0.39 is 0 Å². The number of thiol groups is 1. The smallest absolute Gasteiger partial charge is 0.0555 e. The fourth-order valence-electron chi connectivity index (χ4n) is 6.45. The average molecular weight is 410 g/mol. The molecule has 0 aromatic carbocycles. The van der Waals surface area contributed by atoms with Crippen molar-refractivity contribution in [3.8, 4) is 0 Å². The SMILES string of the molecule is OC1CCCC(N2CCCC(N3CCCC(N4CCCC(S)C4)CC3)CC2)C1. The largest absolute Gasteiger partial charge is 0.393 e. The van der Waals surface area contributed by atoms with Gasteiger partial charge in [0.25, 0.3) is 0 Å². The minimum absolute atomic E-state index is 0.0491. The minimum atomic E-state index is -0.0491. The van der Waals surface area contributed by atoms with Gasteiger partial charge in [-0.2, -0.15) is 12.6 Å². The number of piperidine rings is 1. The predicted molar refractivity (Wildman–Crippen MR) is 120 cm³/mol. The van der Waals surface area contributed by atoms with Gasteiger partial charge in [-0.15, -0.1) is 0 Å². The van der Waals surface area contributed by atoms with Gasteiger partial charge in [0.2, 0.25) is 0 Å². The monoisotopic (exact) mass is 409 g/mol. The van der Waals surface area contributed by atoms with Gasteiger partial charge in [0, 0.05) is 29.9 Å². The highest BCUT2D eigenvalue weighted by atomic mass is 32.1. The van der Waals surface area contributed by atoms with Crippen LogP contribution in [0.3, 0.4) is 0 Å². The van der Waals surface area contributed by atoms with E-state index in [-0.39, 0.29) is 6.10 Å². The van der Waals surface area contributed by atoms with Crippen LogP contribution < -0.4 is 0 Å². The van der Waals surface area contributed by atoms with Gasteiger partial charge in [-0.05, 0) is 110 Å². The molecule has 3 heterocycles. The Morgan fingerprint density at radius 1 is 0.571 bits per heavy atom. The van der Waals surface area contributed by atoms with Gasteiger partial charge in [0.05, 0.1) is 6.10 Å². The van der Waals surface area contributed by atoms with Crippen LogP contribution in [-0.2, 0) is 0 Å². The Kier molecular flexibility index (Phi) is 8.02. The van der Waals surface area contributed by atoms with Gasteiger partial charge in [0.15, 0.2) is 0 Å². The molecule has 0 spiro atoms. The number of aliphatic hydroxyl groups is 1. The van der Waals surface area contributed by atoms with E-state index >= 15 is 0 Å². The normalized spacial score (nSPS) is 40.7. The summed E-state index contributed by atoms with van der Waals surface area (Å²) >= 11 is 4.76. The van der Waals surface area contributed by atoms with Crippen LogP contribution >= 0.6 is 12.6 Å². The second-order valence-electron chi connectivity index (χ2n) is 10.0. The summed E-state index contributed by atoms with van der Waals surface area (Å²) in [5, 5.41) is 10.7. The van der Waals surface area contributed by atoms with E-state index in [9.17, 15) is 5.11 Å². The Balaban J connectivity index is 1.26. The second kappa shape index (κ2) is 10.5. The third kappa shape index (κ3) is 5.66. The molecule has 0 radical (unpaired) electrons. The molecule has 1 N–H and O–H groups in total. The van der Waals surface area contributed by atoms with Crippen LogP contribution in [0.2, 0.25) is 0 Å². The first kappa shape index (κ1) is 21.4. The molecule has 5 heteroatoms. The fourth-order valence-corrected chi connectivity index (χ4v) is 6.84. The van der Waals surface area contributed by atoms with E-state index in [1.165, 1.54) is 103 Å². The van der Waals surface area contributed by atoms with Crippen LogP contribution in [-0.4, -0.2) is 88.6 Å². The molecule has 0 amide bonds. The molecular weight excluding hydrogens is 366 g/mol. The van der Waals surface area contributed by atoms with Crippen molar-refractivity contribution in [3.63, 3.8) is 0 Å². The lowest BCUT2D eigenvalue weighted by atomic mass is 9.91. The zero-order chi connectivity index (χ0) is 19.3. The van der Waals surface area contributed by atoms with Crippen molar-refractivity contribution < 1.29 is 5.11 Å². The van der Waals surface area contributed by atoms with E-state index in [4.69, 9.17) is 12.6 Å². The highest BCUT2D eigenvalue weighted by molar-refractivity contribution is 7.81. The molecule has 1 saturated carbocycles. The molecule has 0 aromatic heterocycles. The molecule has 4 nitrogen and oxygen atoms in total. The topological polar surface area (TPSA) is 30.0 Å². The quantitative estimate of drug-likeness (QED) is 0.700. The molecule has 4 fully saturated rings. The van der Waals surface area contributed by atoms with Gasteiger partial charge in [-0.25, -0.2) is 0 Å². The van der Waals surface area contributed by atoms with E-state index in [0.717, 1.165) is 24.9 Å². The Morgan fingerprint density at radius 2 is 1.14 bits per heavy atom. The summed E-state index contributed by atoms with van der Waals surface area (Å²) in [5.41, 5.74) is 0. The lowest BCUT2D eigenvalue weighted by Crippen LogP contribution is -2.44. The molecule has 162 valence electrons. The second-order valence-corrected chi connectivity index (χ2v) is 10.7. The zero-order valence-corrected chi connectivity index (χ0v) is 18.7. The van der Waals surface area contributed by atoms with Crippen molar-refractivity contribution in [2.24, 2.45) is 0 Å². The van der Waals surface area contributed by atoms with E-state index in [2.05, 4.69) is 14.7 Å². The first-order valence-corrected chi connectivity index (χ1v) is 12.8. The maximum atomic E-state index is 10.1. The Bertz CT molecular complexity index is 437. The lowest BCUT2D eigenvalue weighted by molar-refractivity contribution is 0.0619. The standard InChI is InChI=1S/C23H43N3OS/c27-22-8-1-5-21(17-22)25-13-2-6-19(10-16-25)24-12-3-7-20(11-15-24)26-14-4-9-23(28)18-26/h19-23,27-28H,1-18H2. The average Bonchev–Trinajstić information content (AvgIpc) is 3.09. The van der Waals surface area contributed by atoms with Gasteiger partial charge >= 0.3 is 0 Å². The van der Waals surface area contributed by atoms with Gasteiger partial charge in [-0.1, -0.05) is 0 Å². The number of rotatable bonds is 3. The molecule has 4 aliphatic rings. The predicted octanol–water partition coefficient (Wildman–Crippen LogP) is 3.39. The highest BCUT2D eigenvalue weighted by Crippen LogP contribution is 2.29. The third-order valence-electron chi connectivity index (χ3n) is 8.06. The van der Waals surface area contributed by atoms with Crippen LogP contribution in [0.5, 0.6) is 0 Å². The Hall–Kier alpha value is 0.190. The summed E-state index contributed by atoms with van der Waals surface area (Å²) in [7, 11) is 0. The number of nitrogens with zero attached hydrogens (tertiary/aromatic N) is 3. The fraction of sp³-hybridized carbons (Fsp3) is 1.00. The van der Waals surface area contributed by atoms with Gasteiger partial charge in [0.1, 0.15) is 0 Å². The van der Waals surface area contributed by atoms with Crippen LogP contribution in [0.4, 0.5) is 0 Å². The summed E-state index contributed by atoms with van der Waals surface area (Å²) in [6, 6.07) is 2.23. The molecule has 28 heavy (non-hydrogen) atoms. The number of aliphatic hydroxyl groups excluding tert-OH is 1. The summed E-state index contributed by atoms with van der Waals surface area (Å²) in [6.45, 7) is 7.61. The zero-order valence-electron chi connectivity index (χ0n) is 17.9. The minimum Gasteiger partial charge on any atom is -0.393 e. The molecule has 1 aliphatic carbocycles. The molecule has 3 saturated heterocycles. The molecule has 5 unspecified atom stereocenters. The van der Waals surface area contributed by atoms with Crippen molar-refractivity contribution in [2.75, 3.05) is 39.3 Å². The molecule has 5 atom stereocenters. The van der Waals surface area contributed by atoms with E-state index in [0.29, 0.717) is 11.3 Å². The molecular formula is C23H43N3OS. The van der Waals surface area contributed by atoms with Crippen LogP contribution in [0.1, 0.15) is 77.0 Å². The van der Waals surface area contributed by atoms with E-state index in [1.807, 2.05) is 0 Å². The Labute approximate surface area is 178 Å². The molecule has 3 aliphatic heterocycles.